The Morgan fingerprint density at radius 1 is 1.08 bits per heavy atom. The predicted octanol–water partition coefficient (Wildman–Crippen LogP) is 1.89. The van der Waals surface area contributed by atoms with Crippen LogP contribution >= 0.6 is 0 Å². The third-order valence-corrected chi connectivity index (χ3v) is 3.49. The molecule has 1 aliphatic heterocycles. The zero-order valence-electron chi connectivity index (χ0n) is 9.05. The molecule has 0 amide bonds. The van der Waals surface area contributed by atoms with Crippen LogP contribution in [0.25, 0.3) is 0 Å². The van der Waals surface area contributed by atoms with Gasteiger partial charge in [0, 0.05) is 18.8 Å². The van der Waals surface area contributed by atoms with Gasteiger partial charge < -0.3 is 4.90 Å². The van der Waals surface area contributed by atoms with Crippen LogP contribution in [0.1, 0.15) is 27.7 Å². The molecule has 0 spiro atoms. The van der Waals surface area contributed by atoms with Crippen molar-refractivity contribution >= 4 is 0 Å². The fraction of sp³-hybridized carbons (Fsp3) is 0.800. The third-order valence-electron chi connectivity index (χ3n) is 3.49. The molecule has 0 saturated carbocycles. The Morgan fingerprint density at radius 2 is 1.58 bits per heavy atom. The maximum absolute atomic E-state index is 2.39. The van der Waals surface area contributed by atoms with Crippen LogP contribution in [-0.2, 0) is 0 Å². The van der Waals surface area contributed by atoms with Gasteiger partial charge in [-0.05, 0) is 40.3 Å². The molecule has 0 aromatic carbocycles. The fourth-order valence-corrected chi connectivity index (χ4v) is 1.76. The van der Waals surface area contributed by atoms with Gasteiger partial charge in [-0.25, -0.2) is 0 Å². The highest BCUT2D eigenvalue weighted by Crippen LogP contribution is 2.25. The van der Waals surface area contributed by atoms with Gasteiger partial charge in [0.1, 0.15) is 0 Å². The largest absolute Gasteiger partial charge is 0.363 e. The molecule has 0 aromatic rings. The second kappa shape index (κ2) is 3.09. The predicted molar refractivity (Wildman–Crippen MR) is 52.8 cm³/mol. The summed E-state index contributed by atoms with van der Waals surface area (Å²) < 4.78 is 0. The molecule has 1 aliphatic rings. The quantitative estimate of drug-likeness (QED) is 0.545. The molecule has 0 fully saturated rings. The second-order valence-electron chi connectivity index (χ2n) is 3.85. The lowest BCUT2D eigenvalue weighted by Gasteiger charge is -2.44. The molecular weight excluding hydrogens is 148 g/mol. The summed E-state index contributed by atoms with van der Waals surface area (Å²) in [5.74, 6) is 0. The van der Waals surface area contributed by atoms with E-state index in [1.165, 1.54) is 11.3 Å². The van der Waals surface area contributed by atoms with Crippen LogP contribution in [0.15, 0.2) is 11.3 Å². The average Bonchev–Trinajstić information content (AvgIpc) is 2.08. The minimum Gasteiger partial charge on any atom is -0.363 e. The summed E-state index contributed by atoms with van der Waals surface area (Å²) in [6.07, 6.45) is 0.517. The number of hydrogen-bond donors (Lipinski definition) is 0. The fourth-order valence-electron chi connectivity index (χ4n) is 1.76. The molecule has 0 N–H and O–H groups in total. The number of likely N-dealkylation sites (N-methyl/N-ethyl adjacent to an activating group) is 1. The zero-order chi connectivity index (χ0) is 9.46. The molecule has 0 saturated heterocycles. The summed E-state index contributed by atoms with van der Waals surface area (Å²) in [4.78, 5) is 4.72. The minimum atomic E-state index is 0.517. The van der Waals surface area contributed by atoms with Gasteiger partial charge in [0.05, 0.1) is 6.17 Å². The molecule has 2 heteroatoms. The van der Waals surface area contributed by atoms with Crippen molar-refractivity contribution in [1.82, 2.24) is 9.80 Å². The molecule has 2 nitrogen and oxygen atoms in total. The summed E-state index contributed by atoms with van der Waals surface area (Å²) in [7, 11) is 4.34. The molecule has 1 heterocycles. The van der Waals surface area contributed by atoms with Gasteiger partial charge in [-0.1, -0.05) is 0 Å². The van der Waals surface area contributed by atoms with E-state index < -0.39 is 0 Å². The van der Waals surface area contributed by atoms with Crippen LogP contribution in [0.2, 0.25) is 0 Å². The molecule has 0 aromatic heterocycles. The molecule has 2 unspecified atom stereocenters. The molecular formula is C10H20N2. The lowest BCUT2D eigenvalue weighted by Crippen LogP contribution is -2.50. The first-order valence-electron chi connectivity index (χ1n) is 4.59. The normalized spacial score (nSPS) is 33.0. The standard InChI is InChI=1S/C10H20N2/c1-7-8(2)11(5)10(4)12(6)9(7)3/h8,10H,1-6H3. The van der Waals surface area contributed by atoms with Crippen molar-refractivity contribution in [3.63, 3.8) is 0 Å². The highest BCUT2D eigenvalue weighted by Gasteiger charge is 2.27. The monoisotopic (exact) mass is 168 g/mol. The van der Waals surface area contributed by atoms with Crippen LogP contribution in [0.5, 0.6) is 0 Å². The summed E-state index contributed by atoms with van der Waals surface area (Å²) in [5, 5.41) is 0. The lowest BCUT2D eigenvalue weighted by molar-refractivity contribution is 0.0804. The van der Waals surface area contributed by atoms with Crippen molar-refractivity contribution in [3.05, 3.63) is 11.3 Å². The van der Waals surface area contributed by atoms with E-state index in [-0.39, 0.29) is 0 Å². The topological polar surface area (TPSA) is 6.48 Å². The molecule has 12 heavy (non-hydrogen) atoms. The number of rotatable bonds is 0. The van der Waals surface area contributed by atoms with Crippen molar-refractivity contribution < 1.29 is 0 Å². The molecule has 2 atom stereocenters. The lowest BCUT2D eigenvalue weighted by atomic mass is 10.0. The van der Waals surface area contributed by atoms with Gasteiger partial charge in [-0.2, -0.15) is 0 Å². The highest BCUT2D eigenvalue weighted by molar-refractivity contribution is 5.18. The first-order chi connectivity index (χ1) is 5.46. The first-order valence-corrected chi connectivity index (χ1v) is 4.59. The van der Waals surface area contributed by atoms with Crippen LogP contribution in [0.4, 0.5) is 0 Å². The van der Waals surface area contributed by atoms with Crippen LogP contribution < -0.4 is 0 Å². The van der Waals surface area contributed by atoms with Gasteiger partial charge in [0.2, 0.25) is 0 Å². The van der Waals surface area contributed by atoms with Crippen molar-refractivity contribution in [1.29, 1.82) is 0 Å². The van der Waals surface area contributed by atoms with Crippen LogP contribution in [0.3, 0.4) is 0 Å². The van der Waals surface area contributed by atoms with Crippen molar-refractivity contribution in [2.24, 2.45) is 0 Å². The van der Waals surface area contributed by atoms with E-state index in [0.717, 1.165) is 0 Å². The summed E-state index contributed by atoms with van der Waals surface area (Å²) in [6.45, 7) is 8.93. The van der Waals surface area contributed by atoms with E-state index in [1.807, 2.05) is 0 Å². The summed E-state index contributed by atoms with van der Waals surface area (Å²) in [5.41, 5.74) is 2.91. The Balaban J connectivity index is 3.00. The van der Waals surface area contributed by atoms with E-state index in [0.29, 0.717) is 12.2 Å². The second-order valence-corrected chi connectivity index (χ2v) is 3.85. The highest BCUT2D eigenvalue weighted by atomic mass is 15.4. The smallest absolute Gasteiger partial charge is 0.0788 e. The van der Waals surface area contributed by atoms with Gasteiger partial charge in [-0.3, -0.25) is 4.90 Å². The van der Waals surface area contributed by atoms with E-state index in [9.17, 15) is 0 Å². The van der Waals surface area contributed by atoms with Gasteiger partial charge >= 0.3 is 0 Å². The van der Waals surface area contributed by atoms with E-state index in [2.05, 4.69) is 51.6 Å². The molecule has 70 valence electrons. The SMILES string of the molecule is CC1=C(C)N(C)C(C)N(C)C1C. The van der Waals surface area contributed by atoms with E-state index in [1.54, 1.807) is 0 Å². The Morgan fingerprint density at radius 3 is 2.08 bits per heavy atom. The molecule has 0 aliphatic carbocycles. The van der Waals surface area contributed by atoms with Gasteiger partial charge in [-0.15, -0.1) is 0 Å². The maximum Gasteiger partial charge on any atom is 0.0788 e. The Bertz CT molecular complexity index is 186. The molecule has 1 rings (SSSR count). The summed E-state index contributed by atoms with van der Waals surface area (Å²) in [6, 6.07) is 0.580. The third kappa shape index (κ3) is 1.24. The van der Waals surface area contributed by atoms with Crippen LogP contribution in [-0.4, -0.2) is 36.1 Å². The van der Waals surface area contributed by atoms with Gasteiger partial charge in [0.25, 0.3) is 0 Å². The van der Waals surface area contributed by atoms with E-state index >= 15 is 0 Å². The van der Waals surface area contributed by atoms with Gasteiger partial charge in [0.15, 0.2) is 0 Å². The average molecular weight is 168 g/mol. The minimum absolute atomic E-state index is 0.517. The van der Waals surface area contributed by atoms with Crippen molar-refractivity contribution in [2.75, 3.05) is 14.1 Å². The molecule has 0 bridgehead atoms. The molecule has 0 radical (unpaired) electrons. The summed E-state index contributed by atoms with van der Waals surface area (Å²) >= 11 is 0. The maximum atomic E-state index is 2.39. The number of nitrogens with zero attached hydrogens (tertiary/aromatic N) is 2. The number of allylic oxidation sites excluding steroid dienone is 1. The number of hydrogen-bond acceptors (Lipinski definition) is 2. The Kier molecular flexibility index (Phi) is 2.47. The Labute approximate surface area is 75.8 Å². The van der Waals surface area contributed by atoms with Crippen molar-refractivity contribution in [2.45, 2.75) is 39.9 Å². The van der Waals surface area contributed by atoms with E-state index in [4.69, 9.17) is 0 Å². The first kappa shape index (κ1) is 9.59. The zero-order valence-corrected chi connectivity index (χ0v) is 9.05. The van der Waals surface area contributed by atoms with Crippen molar-refractivity contribution in [3.8, 4) is 0 Å². The Hall–Kier alpha value is -0.500. The van der Waals surface area contributed by atoms with Crippen LogP contribution in [0, 0.1) is 0 Å².